The first-order chi connectivity index (χ1) is 7.89. The van der Waals surface area contributed by atoms with Crippen molar-refractivity contribution < 1.29 is 13.2 Å². The third kappa shape index (κ3) is 2.56. The number of benzene rings is 1. The first kappa shape index (κ1) is 12.7. The zero-order valence-electron chi connectivity index (χ0n) is 8.64. The van der Waals surface area contributed by atoms with Crippen LogP contribution in [0.2, 0.25) is 5.02 Å². The van der Waals surface area contributed by atoms with Gasteiger partial charge >= 0.3 is 0 Å². The van der Waals surface area contributed by atoms with Gasteiger partial charge < -0.3 is 4.90 Å². The lowest BCUT2D eigenvalue weighted by Crippen LogP contribution is -2.26. The van der Waals surface area contributed by atoms with Gasteiger partial charge in [0.15, 0.2) is 0 Å². The highest BCUT2D eigenvalue weighted by Crippen LogP contribution is 2.31. The van der Waals surface area contributed by atoms with Crippen LogP contribution in [0.25, 0.3) is 0 Å². The molecule has 0 spiro atoms. The topological polar surface area (TPSA) is 54.5 Å². The monoisotopic (exact) mass is 293 g/mol. The Bertz CT molecular complexity index is 558. The van der Waals surface area contributed by atoms with Gasteiger partial charge in [-0.25, -0.2) is 8.42 Å². The molecule has 0 saturated carbocycles. The van der Waals surface area contributed by atoms with Crippen LogP contribution in [0.15, 0.2) is 24.3 Å². The maximum absolute atomic E-state index is 11.7. The van der Waals surface area contributed by atoms with E-state index in [1.54, 1.807) is 24.3 Å². The average Bonchev–Trinajstić information content (AvgIpc) is 2.61. The normalized spacial score (nSPS) is 20.9. The average molecular weight is 294 g/mol. The second-order valence-electron chi connectivity index (χ2n) is 3.76. The molecule has 0 N–H and O–H groups in total. The summed E-state index contributed by atoms with van der Waals surface area (Å²) in [5.41, 5.74) is 0.516. The number of anilines is 1. The van der Waals surface area contributed by atoms with E-state index < -0.39 is 14.3 Å². The Hall–Kier alpha value is -0.780. The molecule has 1 fully saturated rings. The van der Waals surface area contributed by atoms with Crippen molar-refractivity contribution >= 4 is 42.9 Å². The van der Waals surface area contributed by atoms with E-state index in [0.29, 0.717) is 10.7 Å². The minimum absolute atomic E-state index is 0.0500. The van der Waals surface area contributed by atoms with E-state index in [4.69, 9.17) is 22.3 Å². The molecule has 1 atom stereocenters. The predicted octanol–water partition coefficient (Wildman–Crippen LogP) is 2.01. The fourth-order valence-electron chi connectivity index (χ4n) is 1.77. The van der Waals surface area contributed by atoms with E-state index in [2.05, 4.69) is 0 Å². The second kappa shape index (κ2) is 4.48. The molecule has 1 aliphatic rings. The Balaban J connectivity index is 2.31. The molecule has 1 amide bonds. The van der Waals surface area contributed by atoms with Gasteiger partial charge in [0.2, 0.25) is 15.0 Å². The van der Waals surface area contributed by atoms with Crippen molar-refractivity contribution in [3.8, 4) is 0 Å². The van der Waals surface area contributed by atoms with Crippen LogP contribution in [0.3, 0.4) is 0 Å². The summed E-state index contributed by atoms with van der Waals surface area (Å²) in [6.07, 6.45) is -0.100. The maximum atomic E-state index is 11.7. The molecule has 1 unspecified atom stereocenters. The Labute approximate surface area is 109 Å². The standard InChI is InChI=1S/C10H9Cl2NO3S/c11-8-3-1-2-4-9(8)13-6-7(5-10(13)14)17(12,15)16/h1-4,7H,5-6H2. The highest BCUT2D eigenvalue weighted by atomic mass is 35.7. The third-order valence-corrected chi connectivity index (χ3v) is 4.82. The van der Waals surface area contributed by atoms with Gasteiger partial charge in [-0.1, -0.05) is 23.7 Å². The molecular formula is C10H9Cl2NO3S. The van der Waals surface area contributed by atoms with Gasteiger partial charge in [-0.05, 0) is 12.1 Å². The summed E-state index contributed by atoms with van der Waals surface area (Å²) in [4.78, 5) is 13.1. The summed E-state index contributed by atoms with van der Waals surface area (Å²) < 4.78 is 22.4. The van der Waals surface area contributed by atoms with Crippen LogP contribution < -0.4 is 4.90 Å². The van der Waals surface area contributed by atoms with E-state index in [9.17, 15) is 13.2 Å². The molecule has 2 rings (SSSR count). The number of carbonyl (C=O) groups excluding carboxylic acids is 1. The smallest absolute Gasteiger partial charge is 0.237 e. The highest BCUT2D eigenvalue weighted by Gasteiger charge is 2.38. The summed E-state index contributed by atoms with van der Waals surface area (Å²) in [5, 5.41) is -0.457. The molecule has 1 saturated heterocycles. The van der Waals surface area contributed by atoms with Crippen LogP contribution in [0.1, 0.15) is 6.42 Å². The summed E-state index contributed by atoms with van der Waals surface area (Å²) in [6, 6.07) is 6.79. The summed E-state index contributed by atoms with van der Waals surface area (Å²) >= 11 is 5.96. The number of nitrogens with zero attached hydrogens (tertiary/aromatic N) is 1. The minimum atomic E-state index is -3.72. The van der Waals surface area contributed by atoms with E-state index in [-0.39, 0.29) is 18.9 Å². The lowest BCUT2D eigenvalue weighted by Gasteiger charge is -2.17. The fourth-order valence-corrected chi connectivity index (χ4v) is 3.03. The fraction of sp³-hybridized carbons (Fsp3) is 0.300. The van der Waals surface area contributed by atoms with Crippen LogP contribution in [-0.2, 0) is 13.8 Å². The van der Waals surface area contributed by atoms with E-state index in [1.807, 2.05) is 0 Å². The number of amides is 1. The molecule has 4 nitrogen and oxygen atoms in total. The molecular weight excluding hydrogens is 285 g/mol. The van der Waals surface area contributed by atoms with Gasteiger partial charge in [-0.15, -0.1) is 0 Å². The first-order valence-electron chi connectivity index (χ1n) is 4.88. The Kier molecular flexibility index (Phi) is 3.34. The first-order valence-corrected chi connectivity index (χ1v) is 7.63. The van der Waals surface area contributed by atoms with E-state index in [1.165, 1.54) is 4.90 Å². The van der Waals surface area contributed by atoms with Gasteiger partial charge in [0.05, 0.1) is 10.7 Å². The summed E-state index contributed by atoms with van der Waals surface area (Å²) in [6.45, 7) is 0.0500. The van der Waals surface area contributed by atoms with Crippen LogP contribution in [0, 0.1) is 0 Å². The Morgan fingerprint density at radius 1 is 1.29 bits per heavy atom. The van der Waals surface area contributed by atoms with Crippen LogP contribution in [-0.4, -0.2) is 26.1 Å². The van der Waals surface area contributed by atoms with Crippen molar-refractivity contribution in [2.75, 3.05) is 11.4 Å². The third-order valence-electron chi connectivity index (χ3n) is 2.63. The molecule has 1 aliphatic heterocycles. The molecule has 92 valence electrons. The van der Waals surface area contributed by atoms with E-state index in [0.717, 1.165) is 0 Å². The van der Waals surface area contributed by atoms with Crippen molar-refractivity contribution in [1.82, 2.24) is 0 Å². The predicted molar refractivity (Wildman–Crippen MR) is 67.0 cm³/mol. The van der Waals surface area contributed by atoms with Crippen LogP contribution in [0.5, 0.6) is 0 Å². The SMILES string of the molecule is O=C1CC(S(=O)(=O)Cl)CN1c1ccccc1Cl. The Morgan fingerprint density at radius 3 is 2.47 bits per heavy atom. The summed E-state index contributed by atoms with van der Waals surface area (Å²) in [7, 11) is 1.54. The molecule has 0 aromatic heterocycles. The van der Waals surface area contributed by atoms with Gasteiger partial charge in [0.1, 0.15) is 5.25 Å². The van der Waals surface area contributed by atoms with Crippen molar-refractivity contribution in [3.05, 3.63) is 29.3 Å². The van der Waals surface area contributed by atoms with Gasteiger partial charge in [-0.2, -0.15) is 0 Å². The number of carbonyl (C=O) groups is 1. The van der Waals surface area contributed by atoms with Gasteiger partial charge in [0, 0.05) is 23.6 Å². The quantitative estimate of drug-likeness (QED) is 0.784. The zero-order valence-corrected chi connectivity index (χ0v) is 11.0. The second-order valence-corrected chi connectivity index (χ2v) is 7.07. The highest BCUT2D eigenvalue weighted by molar-refractivity contribution is 8.14. The zero-order chi connectivity index (χ0) is 12.6. The summed E-state index contributed by atoms with van der Waals surface area (Å²) in [5.74, 6) is -0.285. The lowest BCUT2D eigenvalue weighted by atomic mass is 10.3. The van der Waals surface area contributed by atoms with Gasteiger partial charge in [-0.3, -0.25) is 4.79 Å². The molecule has 17 heavy (non-hydrogen) atoms. The largest absolute Gasteiger partial charge is 0.310 e. The van der Waals surface area contributed by atoms with Crippen molar-refractivity contribution in [1.29, 1.82) is 0 Å². The lowest BCUT2D eigenvalue weighted by molar-refractivity contribution is -0.117. The van der Waals surface area contributed by atoms with Crippen molar-refractivity contribution in [2.45, 2.75) is 11.7 Å². The van der Waals surface area contributed by atoms with E-state index >= 15 is 0 Å². The number of hydrogen-bond donors (Lipinski definition) is 0. The molecule has 0 aliphatic carbocycles. The van der Waals surface area contributed by atoms with Gasteiger partial charge in [0.25, 0.3) is 0 Å². The molecule has 7 heteroatoms. The number of halogens is 2. The number of hydrogen-bond acceptors (Lipinski definition) is 3. The minimum Gasteiger partial charge on any atom is -0.310 e. The molecule has 1 aromatic carbocycles. The van der Waals surface area contributed by atoms with Crippen molar-refractivity contribution in [3.63, 3.8) is 0 Å². The van der Waals surface area contributed by atoms with Crippen LogP contribution in [0.4, 0.5) is 5.69 Å². The number of para-hydroxylation sites is 1. The molecule has 0 radical (unpaired) electrons. The maximum Gasteiger partial charge on any atom is 0.237 e. The molecule has 0 bridgehead atoms. The molecule has 1 aromatic rings. The molecule has 1 heterocycles. The Morgan fingerprint density at radius 2 is 1.94 bits per heavy atom. The van der Waals surface area contributed by atoms with Crippen LogP contribution >= 0.6 is 22.3 Å². The number of rotatable bonds is 2. The van der Waals surface area contributed by atoms with Crippen molar-refractivity contribution in [2.24, 2.45) is 0 Å².